The van der Waals surface area contributed by atoms with E-state index in [0.717, 1.165) is 89.0 Å². The van der Waals surface area contributed by atoms with E-state index in [1.807, 2.05) is 0 Å². The summed E-state index contributed by atoms with van der Waals surface area (Å²) in [7, 11) is 0. The number of nitrogens with zero attached hydrogens (tertiary/aromatic N) is 2. The van der Waals surface area contributed by atoms with Crippen LogP contribution in [0.1, 0.15) is 125 Å². The second-order valence-corrected chi connectivity index (χ2v) is 33.0. The molecule has 0 fully saturated rings. The summed E-state index contributed by atoms with van der Waals surface area (Å²) in [6, 6.07) is 95.8. The normalized spacial score (nSPS) is 16.0. The molecule has 0 radical (unpaired) electrons. The van der Waals surface area contributed by atoms with Crippen molar-refractivity contribution in [3.63, 3.8) is 0 Å². The lowest BCUT2D eigenvalue weighted by Crippen LogP contribution is -2.24. The van der Waals surface area contributed by atoms with Crippen molar-refractivity contribution in [3.8, 4) is 72.4 Å². The van der Waals surface area contributed by atoms with Crippen molar-refractivity contribution in [1.29, 1.82) is 0 Å². The summed E-state index contributed by atoms with van der Waals surface area (Å²) in [5, 5.41) is 9.48. The number of rotatable bonds is 5. The van der Waals surface area contributed by atoms with Crippen molar-refractivity contribution in [3.05, 3.63) is 310 Å². The Morgan fingerprint density at radius 1 is 0.260 bits per heavy atom. The molecule has 5 heteroatoms. The number of benzene rings is 14. The van der Waals surface area contributed by atoms with Gasteiger partial charge in [0.2, 0.25) is 0 Å². The van der Waals surface area contributed by atoms with Gasteiger partial charge in [0.05, 0.1) is 11.0 Å². The van der Waals surface area contributed by atoms with Crippen molar-refractivity contribution in [2.75, 3.05) is 4.90 Å². The van der Waals surface area contributed by atoms with Gasteiger partial charge in [-0.15, -0.1) is 0 Å². The van der Waals surface area contributed by atoms with Gasteiger partial charge in [-0.05, 0) is 214 Å². The topological polar surface area (TPSA) is 47.6 Å². The molecule has 0 bridgehead atoms. The van der Waals surface area contributed by atoms with E-state index in [9.17, 15) is 0 Å². The molecule has 104 heavy (non-hydrogen) atoms. The summed E-state index contributed by atoms with van der Waals surface area (Å²) in [4.78, 5) is 2.58. The van der Waals surface area contributed by atoms with Crippen LogP contribution < -0.4 is 4.90 Å². The van der Waals surface area contributed by atoms with E-state index in [-0.39, 0.29) is 16.2 Å². The van der Waals surface area contributed by atoms with Crippen molar-refractivity contribution in [2.45, 2.75) is 96.3 Å². The predicted molar refractivity (Wildman–Crippen MR) is 431 cm³/mol. The number of furan rings is 3. The Morgan fingerprint density at radius 2 is 0.731 bits per heavy atom. The zero-order valence-corrected chi connectivity index (χ0v) is 59.9. The third-order valence-electron chi connectivity index (χ3n) is 25.9. The van der Waals surface area contributed by atoms with Gasteiger partial charge in [-0.2, -0.15) is 0 Å². The third-order valence-corrected chi connectivity index (χ3v) is 25.9. The minimum absolute atomic E-state index is 0.231. The first-order chi connectivity index (χ1) is 50.4. The average molecular weight is 1340 g/mol. The van der Waals surface area contributed by atoms with E-state index in [1.165, 1.54) is 144 Å². The third kappa shape index (κ3) is 7.15. The van der Waals surface area contributed by atoms with E-state index in [4.69, 9.17) is 13.3 Å². The molecule has 0 amide bonds. The number of hydrogen-bond acceptors (Lipinski definition) is 4. The first-order valence-corrected chi connectivity index (χ1v) is 37.0. The molecule has 0 aliphatic heterocycles. The first kappa shape index (κ1) is 58.7. The summed E-state index contributed by atoms with van der Waals surface area (Å²) in [5.41, 5.74) is 39.0. The molecule has 0 saturated carbocycles. The Bertz CT molecular complexity index is 7010. The molecule has 496 valence electrons. The van der Waals surface area contributed by atoms with Gasteiger partial charge in [0.15, 0.2) is 0 Å². The fourth-order valence-corrected chi connectivity index (χ4v) is 20.9. The molecule has 0 N–H and O–H groups in total. The summed E-state index contributed by atoms with van der Waals surface area (Å²) in [5.74, 6) is 0. The quantitative estimate of drug-likeness (QED) is 0.172. The number of fused-ring (bicyclic) bond motifs is 32. The van der Waals surface area contributed by atoms with E-state index in [0.29, 0.717) is 0 Å². The number of hydrogen-bond donors (Lipinski definition) is 0. The summed E-state index contributed by atoms with van der Waals surface area (Å²) in [6.45, 7) is 24.4. The summed E-state index contributed by atoms with van der Waals surface area (Å²) < 4.78 is 23.4. The maximum atomic E-state index is 7.21. The lowest BCUT2D eigenvalue weighted by molar-refractivity contribution is 0.600. The van der Waals surface area contributed by atoms with Gasteiger partial charge >= 0.3 is 0 Å². The number of para-hydroxylation sites is 5. The van der Waals surface area contributed by atoms with Crippen molar-refractivity contribution in [1.82, 2.24) is 4.57 Å². The molecule has 18 aromatic rings. The maximum absolute atomic E-state index is 7.21. The molecule has 0 unspecified atom stereocenters. The van der Waals surface area contributed by atoms with Crippen LogP contribution in [0.25, 0.3) is 160 Å². The Hall–Kier alpha value is -11.9. The van der Waals surface area contributed by atoms with Crippen LogP contribution in [0.2, 0.25) is 0 Å². The molecule has 0 saturated heterocycles. The highest BCUT2D eigenvalue weighted by atomic mass is 16.3. The number of aromatic nitrogens is 1. The molecule has 0 atom stereocenters. The van der Waals surface area contributed by atoms with Crippen LogP contribution in [0, 0.1) is 0 Å². The van der Waals surface area contributed by atoms with Crippen LogP contribution >= 0.6 is 0 Å². The SMILES string of the molecule is CC1(C)c2cc(N(c3ccc4c(c3)C(C)(C)c3cc(-c5ccc6c7ccccc7n(-c7ccccc7)c6c5)c5oc6ccccc6c5c3-4)c3ccc4c(c3)C(C)(C)c3c5c(c6oc7ccccc7c6c3-4)-c3ccccc3C5(C)C)ccc2-c2cc3c(cc21)-c1c(ccc2oc4ccccc4c12)C3(C)C. The van der Waals surface area contributed by atoms with E-state index in [2.05, 4.69) is 333 Å². The average Bonchev–Trinajstić information content (AvgIpc) is 1.50. The lowest BCUT2D eigenvalue weighted by atomic mass is 9.72. The lowest BCUT2D eigenvalue weighted by Gasteiger charge is -2.32. The molecule has 23 rings (SSSR count). The van der Waals surface area contributed by atoms with Crippen molar-refractivity contribution < 1.29 is 13.3 Å². The van der Waals surface area contributed by atoms with Gasteiger partial charge in [0, 0.05) is 104 Å². The molecule has 5 nitrogen and oxygen atoms in total. The Balaban J connectivity index is 0.732. The molecular formula is C99H72N2O3. The van der Waals surface area contributed by atoms with Crippen molar-refractivity contribution >= 4 is 105 Å². The molecule has 0 spiro atoms. The highest BCUT2D eigenvalue weighted by Crippen LogP contribution is 2.66. The van der Waals surface area contributed by atoms with E-state index < -0.39 is 10.8 Å². The van der Waals surface area contributed by atoms with E-state index >= 15 is 0 Å². The van der Waals surface area contributed by atoms with Gasteiger partial charge in [-0.3, -0.25) is 0 Å². The van der Waals surface area contributed by atoms with Gasteiger partial charge in [-0.1, -0.05) is 221 Å². The monoisotopic (exact) mass is 1340 g/mol. The second kappa shape index (κ2) is 19.4. The van der Waals surface area contributed by atoms with Gasteiger partial charge in [-0.25, -0.2) is 0 Å². The maximum Gasteiger partial charge on any atom is 0.144 e. The first-order valence-electron chi connectivity index (χ1n) is 37.0. The van der Waals surface area contributed by atoms with Crippen LogP contribution in [-0.4, -0.2) is 4.57 Å². The number of anilines is 3. The fraction of sp³-hybridized carbons (Fsp3) is 0.152. The summed E-state index contributed by atoms with van der Waals surface area (Å²) >= 11 is 0. The Labute approximate surface area is 602 Å². The fourth-order valence-electron chi connectivity index (χ4n) is 20.9. The molecule has 4 heterocycles. The smallest absolute Gasteiger partial charge is 0.144 e. The predicted octanol–water partition coefficient (Wildman–Crippen LogP) is 27.2. The standard InChI is InChI=1S/C99H72N2O3/c1-95(2)71-44-45-83-86(64-28-16-21-33-80(64)102-83)85(71)69-52-75-68(51-76(69)95)58-41-37-55(47-72(58)96(75,3)4)100(57-39-43-63-74(49-57)99(9,10)91-87(63)89-66-30-18-23-35-82(66)104-94(89)90-61-27-14-19-31-70(61)98(7,8)92(90)91)56-38-42-62-73(48-56)97(5,6)77-50-67(93-88(84(62)77)65-29-17-22-34-81(65)103-93)53-36-40-60-59-26-15-20-32-78(59)101(79(60)46-53)54-24-12-11-13-25-54/h11-52H,1-10H3. The van der Waals surface area contributed by atoms with Crippen LogP contribution in [0.5, 0.6) is 0 Å². The zero-order valence-electron chi connectivity index (χ0n) is 59.9. The van der Waals surface area contributed by atoms with E-state index in [1.54, 1.807) is 0 Å². The Morgan fingerprint density at radius 3 is 1.44 bits per heavy atom. The van der Waals surface area contributed by atoms with Gasteiger partial charge in [0.1, 0.15) is 33.5 Å². The summed E-state index contributed by atoms with van der Waals surface area (Å²) in [6.07, 6.45) is 0. The van der Waals surface area contributed by atoms with Crippen LogP contribution in [0.3, 0.4) is 0 Å². The minimum atomic E-state index is -0.440. The molecular weight excluding hydrogens is 1270 g/mol. The highest BCUT2D eigenvalue weighted by Gasteiger charge is 2.50. The minimum Gasteiger partial charge on any atom is -0.456 e. The molecule has 4 aromatic heterocycles. The Kier molecular flexibility index (Phi) is 11.0. The molecule has 5 aliphatic rings. The molecule has 14 aromatic carbocycles. The van der Waals surface area contributed by atoms with Gasteiger partial charge in [0.25, 0.3) is 0 Å². The highest BCUT2D eigenvalue weighted by molar-refractivity contribution is 6.23. The van der Waals surface area contributed by atoms with Crippen LogP contribution in [0.4, 0.5) is 17.1 Å². The largest absolute Gasteiger partial charge is 0.456 e. The second-order valence-electron chi connectivity index (χ2n) is 33.0. The van der Waals surface area contributed by atoms with Crippen LogP contribution in [-0.2, 0) is 27.1 Å². The van der Waals surface area contributed by atoms with Crippen molar-refractivity contribution in [2.24, 2.45) is 0 Å². The molecule has 5 aliphatic carbocycles. The zero-order chi connectivity index (χ0) is 69.7. The van der Waals surface area contributed by atoms with Crippen LogP contribution in [0.15, 0.2) is 268 Å². The van der Waals surface area contributed by atoms with Gasteiger partial charge < -0.3 is 22.7 Å².